The molecule has 4 nitrogen and oxygen atoms in total. The van der Waals surface area contributed by atoms with Gasteiger partial charge >= 0.3 is 0 Å². The summed E-state index contributed by atoms with van der Waals surface area (Å²) in [5.41, 5.74) is 1.77. The summed E-state index contributed by atoms with van der Waals surface area (Å²) in [5, 5.41) is 3.50. The minimum atomic E-state index is 0. The molecule has 0 radical (unpaired) electrons. The summed E-state index contributed by atoms with van der Waals surface area (Å²) in [6, 6.07) is 4.26. The number of nitrogens with one attached hydrogen (secondary N) is 1. The first-order valence-corrected chi connectivity index (χ1v) is 7.75. The molecule has 3 heterocycles. The lowest BCUT2D eigenvalue weighted by molar-refractivity contribution is 0.169. The molecule has 21 heavy (non-hydrogen) atoms. The van der Waals surface area contributed by atoms with Crippen LogP contribution in [0.2, 0.25) is 0 Å². The summed E-state index contributed by atoms with van der Waals surface area (Å²) < 4.78 is 0. The molecule has 118 valence electrons. The average molecular weight is 311 g/mol. The number of nitrogens with zero attached hydrogens (tertiary/aromatic N) is 3. The van der Waals surface area contributed by atoms with E-state index in [0.29, 0.717) is 5.41 Å². The molecule has 3 rings (SSSR count). The second-order valence-electron chi connectivity index (χ2n) is 6.69. The van der Waals surface area contributed by atoms with Crippen LogP contribution in [-0.4, -0.2) is 55.7 Å². The van der Waals surface area contributed by atoms with E-state index in [2.05, 4.69) is 46.1 Å². The normalized spacial score (nSPS) is 26.7. The summed E-state index contributed by atoms with van der Waals surface area (Å²) in [4.78, 5) is 9.54. The third kappa shape index (κ3) is 4.09. The molecule has 0 saturated carbocycles. The van der Waals surface area contributed by atoms with Crippen molar-refractivity contribution in [1.29, 1.82) is 0 Å². The van der Waals surface area contributed by atoms with Crippen LogP contribution in [0.5, 0.6) is 0 Å². The van der Waals surface area contributed by atoms with E-state index in [4.69, 9.17) is 0 Å². The largest absolute Gasteiger partial charge is 0.354 e. The van der Waals surface area contributed by atoms with Crippen molar-refractivity contribution < 1.29 is 0 Å². The van der Waals surface area contributed by atoms with Crippen molar-refractivity contribution in [1.82, 2.24) is 15.2 Å². The summed E-state index contributed by atoms with van der Waals surface area (Å²) in [6.45, 7) is 12.7. The number of halogens is 1. The maximum atomic E-state index is 4.50. The molecule has 1 aromatic rings. The van der Waals surface area contributed by atoms with Crippen LogP contribution in [0, 0.1) is 12.3 Å². The number of piperazine rings is 1. The molecule has 1 atom stereocenters. The van der Waals surface area contributed by atoms with Crippen LogP contribution in [0.3, 0.4) is 0 Å². The van der Waals surface area contributed by atoms with Crippen molar-refractivity contribution >= 4 is 18.2 Å². The summed E-state index contributed by atoms with van der Waals surface area (Å²) >= 11 is 0. The number of aromatic nitrogens is 1. The lowest BCUT2D eigenvalue weighted by atomic mass is 9.89. The van der Waals surface area contributed by atoms with E-state index in [1.807, 2.05) is 6.20 Å². The van der Waals surface area contributed by atoms with Gasteiger partial charge in [0.15, 0.2) is 0 Å². The third-order valence-electron chi connectivity index (χ3n) is 4.66. The Morgan fingerprint density at radius 1 is 1.29 bits per heavy atom. The number of anilines is 1. The van der Waals surface area contributed by atoms with Crippen LogP contribution >= 0.6 is 12.4 Å². The molecule has 5 heteroatoms. The predicted molar refractivity (Wildman–Crippen MR) is 90.5 cm³/mol. The third-order valence-corrected chi connectivity index (χ3v) is 4.66. The number of rotatable bonds is 3. The van der Waals surface area contributed by atoms with E-state index in [1.165, 1.54) is 31.6 Å². The van der Waals surface area contributed by atoms with Crippen molar-refractivity contribution in [3.63, 3.8) is 0 Å². The lowest BCUT2D eigenvalue weighted by Crippen LogP contribution is -2.50. The van der Waals surface area contributed by atoms with Gasteiger partial charge in [-0.1, -0.05) is 6.92 Å². The number of hydrogen-bond donors (Lipinski definition) is 1. The predicted octanol–water partition coefficient (Wildman–Crippen LogP) is 1.93. The van der Waals surface area contributed by atoms with Gasteiger partial charge in [0.2, 0.25) is 0 Å². The minimum absolute atomic E-state index is 0. The Balaban J connectivity index is 0.00000161. The molecule has 0 bridgehead atoms. The van der Waals surface area contributed by atoms with Gasteiger partial charge in [0.1, 0.15) is 5.82 Å². The molecule has 2 aliphatic rings. The Hall–Kier alpha value is -0.840. The molecular weight excluding hydrogens is 284 g/mol. The van der Waals surface area contributed by atoms with Gasteiger partial charge in [0, 0.05) is 45.5 Å². The summed E-state index contributed by atoms with van der Waals surface area (Å²) in [6.07, 6.45) is 3.23. The van der Waals surface area contributed by atoms with Crippen LogP contribution in [0.4, 0.5) is 5.82 Å². The Bertz CT molecular complexity index is 451. The van der Waals surface area contributed by atoms with E-state index in [1.54, 1.807) is 0 Å². The summed E-state index contributed by atoms with van der Waals surface area (Å²) in [5.74, 6) is 1.14. The quantitative estimate of drug-likeness (QED) is 0.924. The van der Waals surface area contributed by atoms with Crippen LogP contribution in [-0.2, 0) is 0 Å². The SMILES string of the molecule is Cc1ccnc(N2CCN(CC3(C)CCNC3)CC2)c1.Cl. The van der Waals surface area contributed by atoms with Gasteiger partial charge in [-0.25, -0.2) is 4.98 Å². The second kappa shape index (κ2) is 6.95. The first-order chi connectivity index (χ1) is 9.65. The van der Waals surface area contributed by atoms with Gasteiger partial charge in [-0.15, -0.1) is 12.4 Å². The zero-order chi connectivity index (χ0) is 14.0. The molecule has 2 aliphatic heterocycles. The van der Waals surface area contributed by atoms with E-state index < -0.39 is 0 Å². The lowest BCUT2D eigenvalue weighted by Gasteiger charge is -2.39. The molecule has 1 N–H and O–H groups in total. The molecule has 2 saturated heterocycles. The first-order valence-electron chi connectivity index (χ1n) is 7.75. The molecule has 1 unspecified atom stereocenters. The van der Waals surface area contributed by atoms with E-state index in [0.717, 1.165) is 32.0 Å². The van der Waals surface area contributed by atoms with Crippen LogP contribution in [0.25, 0.3) is 0 Å². The number of aryl methyl sites for hydroxylation is 1. The molecule has 0 aliphatic carbocycles. The van der Waals surface area contributed by atoms with Gasteiger partial charge in [0.05, 0.1) is 0 Å². The smallest absolute Gasteiger partial charge is 0.128 e. The van der Waals surface area contributed by atoms with Crippen LogP contribution in [0.1, 0.15) is 18.9 Å². The van der Waals surface area contributed by atoms with Gasteiger partial charge < -0.3 is 10.2 Å². The maximum absolute atomic E-state index is 4.50. The summed E-state index contributed by atoms with van der Waals surface area (Å²) in [7, 11) is 0. The van der Waals surface area contributed by atoms with Crippen molar-refractivity contribution in [3.05, 3.63) is 23.9 Å². The van der Waals surface area contributed by atoms with E-state index in [9.17, 15) is 0 Å². The molecule has 0 amide bonds. The van der Waals surface area contributed by atoms with E-state index in [-0.39, 0.29) is 12.4 Å². The Kier molecular flexibility index (Phi) is 5.47. The number of pyridine rings is 1. The van der Waals surface area contributed by atoms with Crippen molar-refractivity contribution in [3.8, 4) is 0 Å². The van der Waals surface area contributed by atoms with Crippen LogP contribution in [0.15, 0.2) is 18.3 Å². The van der Waals surface area contributed by atoms with Gasteiger partial charge in [-0.3, -0.25) is 4.90 Å². The van der Waals surface area contributed by atoms with Crippen molar-refractivity contribution in [2.75, 3.05) is 50.7 Å². The monoisotopic (exact) mass is 310 g/mol. The van der Waals surface area contributed by atoms with Crippen molar-refractivity contribution in [2.45, 2.75) is 20.3 Å². The fourth-order valence-corrected chi connectivity index (χ4v) is 3.37. The average Bonchev–Trinajstić information content (AvgIpc) is 2.86. The second-order valence-corrected chi connectivity index (χ2v) is 6.69. The fourth-order valence-electron chi connectivity index (χ4n) is 3.37. The maximum Gasteiger partial charge on any atom is 0.128 e. The van der Waals surface area contributed by atoms with Gasteiger partial charge in [-0.05, 0) is 43.0 Å². The molecular formula is C16H27ClN4. The highest BCUT2D eigenvalue weighted by Crippen LogP contribution is 2.26. The number of hydrogen-bond acceptors (Lipinski definition) is 4. The molecule has 0 spiro atoms. The standard InChI is InChI=1S/C16H26N4.ClH/c1-14-3-5-18-15(11-14)20-9-7-19(8-10-20)13-16(2)4-6-17-12-16;/h3,5,11,17H,4,6-10,12-13H2,1-2H3;1H. The molecule has 2 fully saturated rings. The Morgan fingerprint density at radius 3 is 2.67 bits per heavy atom. The molecule has 0 aromatic carbocycles. The van der Waals surface area contributed by atoms with Crippen molar-refractivity contribution in [2.24, 2.45) is 5.41 Å². The van der Waals surface area contributed by atoms with E-state index >= 15 is 0 Å². The zero-order valence-electron chi connectivity index (χ0n) is 13.1. The minimum Gasteiger partial charge on any atom is -0.354 e. The highest BCUT2D eigenvalue weighted by Gasteiger charge is 2.31. The highest BCUT2D eigenvalue weighted by molar-refractivity contribution is 5.85. The fraction of sp³-hybridized carbons (Fsp3) is 0.688. The zero-order valence-corrected chi connectivity index (χ0v) is 14.0. The van der Waals surface area contributed by atoms with Gasteiger partial charge in [0.25, 0.3) is 0 Å². The highest BCUT2D eigenvalue weighted by atomic mass is 35.5. The molecule has 1 aromatic heterocycles. The van der Waals surface area contributed by atoms with Gasteiger partial charge in [-0.2, -0.15) is 0 Å². The first kappa shape index (κ1) is 16.5. The topological polar surface area (TPSA) is 31.4 Å². The Morgan fingerprint density at radius 2 is 2.05 bits per heavy atom. The Labute approximate surface area is 134 Å². The van der Waals surface area contributed by atoms with Crippen LogP contribution < -0.4 is 10.2 Å².